The Bertz CT molecular complexity index is 2610. The standard InChI is InChI=1S/C44H29N7/c1-4-13-29(14-5-1)39-36(28-30-15-10-22-45-40(30)39)31-25-32(41-48-37-20-11-23-46-43(37)50(41)34-16-6-2-7-17-34)27-33(26-31)42-49-38-21-12-24-47-44(38)51(42)35-18-8-3-9-19-35/h1-28,39H. The lowest BCUT2D eigenvalue weighted by Gasteiger charge is -2.19. The smallest absolute Gasteiger partial charge is 0.164 e. The molecule has 51 heavy (non-hydrogen) atoms. The van der Waals surface area contributed by atoms with E-state index in [0.717, 1.165) is 73.3 Å². The van der Waals surface area contributed by atoms with Gasteiger partial charge in [0, 0.05) is 41.1 Å². The quantitative estimate of drug-likeness (QED) is 0.178. The van der Waals surface area contributed by atoms with E-state index in [2.05, 4.69) is 94.1 Å². The van der Waals surface area contributed by atoms with Gasteiger partial charge in [0.05, 0.1) is 11.6 Å². The second kappa shape index (κ2) is 11.9. The van der Waals surface area contributed by atoms with Crippen molar-refractivity contribution in [2.24, 2.45) is 0 Å². The highest BCUT2D eigenvalue weighted by atomic mass is 15.1. The zero-order valence-corrected chi connectivity index (χ0v) is 27.4. The maximum atomic E-state index is 5.23. The summed E-state index contributed by atoms with van der Waals surface area (Å²) < 4.78 is 4.29. The molecule has 0 aliphatic heterocycles. The van der Waals surface area contributed by atoms with Crippen molar-refractivity contribution in [2.75, 3.05) is 0 Å². The summed E-state index contributed by atoms with van der Waals surface area (Å²) in [5.74, 6) is 1.54. The largest absolute Gasteiger partial charge is 0.277 e. The van der Waals surface area contributed by atoms with Crippen molar-refractivity contribution in [3.8, 4) is 34.2 Å². The monoisotopic (exact) mass is 655 g/mol. The average molecular weight is 656 g/mol. The van der Waals surface area contributed by atoms with Gasteiger partial charge in [-0.3, -0.25) is 14.1 Å². The summed E-state index contributed by atoms with van der Waals surface area (Å²) in [6, 6.07) is 50.0. The van der Waals surface area contributed by atoms with E-state index < -0.39 is 0 Å². The van der Waals surface area contributed by atoms with Crippen LogP contribution in [0.25, 0.3) is 68.1 Å². The number of para-hydroxylation sites is 2. The van der Waals surface area contributed by atoms with Gasteiger partial charge in [0.2, 0.25) is 0 Å². The normalized spacial score (nSPS) is 13.8. The summed E-state index contributed by atoms with van der Waals surface area (Å²) in [5, 5.41) is 0. The Hall–Kier alpha value is -6.99. The third-order valence-electron chi connectivity index (χ3n) is 9.54. The third-order valence-corrected chi connectivity index (χ3v) is 9.54. The second-order valence-electron chi connectivity index (χ2n) is 12.6. The van der Waals surface area contributed by atoms with Crippen molar-refractivity contribution in [3.63, 3.8) is 0 Å². The van der Waals surface area contributed by atoms with E-state index in [1.807, 2.05) is 85.3 Å². The molecule has 10 rings (SSSR count). The van der Waals surface area contributed by atoms with Gasteiger partial charge < -0.3 is 0 Å². The molecule has 7 heteroatoms. The molecule has 240 valence electrons. The van der Waals surface area contributed by atoms with Crippen LogP contribution in [0.15, 0.2) is 164 Å². The van der Waals surface area contributed by atoms with Crippen LogP contribution in [0.2, 0.25) is 0 Å². The van der Waals surface area contributed by atoms with Gasteiger partial charge in [0.25, 0.3) is 0 Å². The maximum absolute atomic E-state index is 5.23. The molecule has 0 saturated heterocycles. The number of hydrogen-bond donors (Lipinski definition) is 0. The van der Waals surface area contributed by atoms with Gasteiger partial charge in [-0.1, -0.05) is 72.8 Å². The van der Waals surface area contributed by atoms with Crippen molar-refractivity contribution in [1.82, 2.24) is 34.1 Å². The molecule has 1 atom stereocenters. The molecule has 0 spiro atoms. The Morgan fingerprint density at radius 2 is 0.941 bits per heavy atom. The van der Waals surface area contributed by atoms with Crippen molar-refractivity contribution in [3.05, 3.63) is 187 Å². The zero-order valence-electron chi connectivity index (χ0n) is 27.4. The fourth-order valence-electron chi connectivity index (χ4n) is 7.33. The number of rotatable bonds is 6. The number of fused-ring (bicyclic) bond motifs is 3. The highest BCUT2D eigenvalue weighted by Gasteiger charge is 2.30. The van der Waals surface area contributed by atoms with Gasteiger partial charge in [-0.2, -0.15) is 0 Å². The van der Waals surface area contributed by atoms with E-state index in [9.17, 15) is 0 Å². The fourth-order valence-corrected chi connectivity index (χ4v) is 7.33. The van der Waals surface area contributed by atoms with E-state index in [1.165, 1.54) is 11.1 Å². The molecule has 0 N–H and O–H groups in total. The van der Waals surface area contributed by atoms with Crippen LogP contribution in [0.1, 0.15) is 28.3 Å². The number of aromatic nitrogens is 7. The number of imidazole rings is 2. The Morgan fingerprint density at radius 1 is 0.451 bits per heavy atom. The van der Waals surface area contributed by atoms with Gasteiger partial charge in [-0.25, -0.2) is 19.9 Å². The molecule has 1 aliphatic rings. The number of benzene rings is 4. The van der Waals surface area contributed by atoms with E-state index >= 15 is 0 Å². The molecule has 0 saturated carbocycles. The van der Waals surface area contributed by atoms with Gasteiger partial charge in [-0.15, -0.1) is 0 Å². The molecule has 7 nitrogen and oxygen atoms in total. The molecule has 5 heterocycles. The predicted molar refractivity (Wildman–Crippen MR) is 203 cm³/mol. The van der Waals surface area contributed by atoms with Crippen molar-refractivity contribution < 1.29 is 0 Å². The lowest BCUT2D eigenvalue weighted by Crippen LogP contribution is -2.05. The Balaban J connectivity index is 1.28. The zero-order chi connectivity index (χ0) is 33.7. The summed E-state index contributed by atoms with van der Waals surface area (Å²) in [6.07, 6.45) is 7.81. The van der Waals surface area contributed by atoms with Crippen LogP contribution in [-0.4, -0.2) is 34.1 Å². The highest BCUT2D eigenvalue weighted by Crippen LogP contribution is 2.46. The third kappa shape index (κ3) is 4.86. The number of allylic oxidation sites excluding steroid dienone is 1. The minimum Gasteiger partial charge on any atom is -0.277 e. The van der Waals surface area contributed by atoms with Crippen LogP contribution in [0.3, 0.4) is 0 Å². The molecular weight excluding hydrogens is 627 g/mol. The summed E-state index contributed by atoms with van der Waals surface area (Å²) in [4.78, 5) is 25.0. The first-order valence-electron chi connectivity index (χ1n) is 17.0. The van der Waals surface area contributed by atoms with E-state index in [4.69, 9.17) is 24.9 Å². The van der Waals surface area contributed by atoms with Crippen LogP contribution in [0, 0.1) is 0 Å². The molecule has 1 unspecified atom stereocenters. The Labute approximate surface area is 293 Å². The summed E-state index contributed by atoms with van der Waals surface area (Å²) >= 11 is 0. The van der Waals surface area contributed by atoms with E-state index in [0.29, 0.717) is 0 Å². The topological polar surface area (TPSA) is 74.3 Å². The summed E-state index contributed by atoms with van der Waals surface area (Å²) in [7, 11) is 0. The summed E-state index contributed by atoms with van der Waals surface area (Å²) in [6.45, 7) is 0. The van der Waals surface area contributed by atoms with Gasteiger partial charge in [0.15, 0.2) is 11.3 Å². The molecule has 4 aromatic carbocycles. The summed E-state index contributed by atoms with van der Waals surface area (Å²) in [5.41, 5.74) is 12.7. The Morgan fingerprint density at radius 3 is 1.51 bits per heavy atom. The first-order valence-corrected chi connectivity index (χ1v) is 17.0. The molecule has 5 aromatic heterocycles. The minimum atomic E-state index is -0.0466. The lowest BCUT2D eigenvalue weighted by atomic mass is 9.86. The van der Waals surface area contributed by atoms with Crippen LogP contribution in [0.5, 0.6) is 0 Å². The van der Waals surface area contributed by atoms with E-state index in [-0.39, 0.29) is 5.92 Å². The highest BCUT2D eigenvalue weighted by molar-refractivity contribution is 5.95. The van der Waals surface area contributed by atoms with Gasteiger partial charge >= 0.3 is 0 Å². The molecule has 1 aliphatic carbocycles. The first-order chi connectivity index (χ1) is 25.3. The number of nitrogens with zero attached hydrogens (tertiary/aromatic N) is 7. The predicted octanol–water partition coefficient (Wildman–Crippen LogP) is 9.57. The first kappa shape index (κ1) is 29.0. The molecule has 0 bridgehead atoms. The molecule has 0 radical (unpaired) electrons. The van der Waals surface area contributed by atoms with Gasteiger partial charge in [0.1, 0.15) is 22.7 Å². The number of pyridine rings is 3. The van der Waals surface area contributed by atoms with Crippen molar-refractivity contribution in [2.45, 2.75) is 5.92 Å². The van der Waals surface area contributed by atoms with Crippen LogP contribution >= 0.6 is 0 Å². The lowest BCUT2D eigenvalue weighted by molar-refractivity contribution is 0.987. The van der Waals surface area contributed by atoms with Crippen molar-refractivity contribution >= 4 is 34.0 Å². The SMILES string of the molecule is C1=C(c2cc(-c3nc4cccnc4n3-c3ccccc3)cc(-c3nc4cccnc4n3-c3ccccc3)c2)C(c2ccccc2)c2ncccc21. The molecule has 0 fully saturated rings. The maximum Gasteiger partial charge on any atom is 0.164 e. The number of hydrogen-bond acceptors (Lipinski definition) is 5. The second-order valence-corrected chi connectivity index (χ2v) is 12.6. The Kier molecular flexibility index (Phi) is 6.74. The van der Waals surface area contributed by atoms with Crippen LogP contribution < -0.4 is 0 Å². The van der Waals surface area contributed by atoms with E-state index in [1.54, 1.807) is 0 Å². The van der Waals surface area contributed by atoms with Crippen LogP contribution in [-0.2, 0) is 0 Å². The average Bonchev–Trinajstić information content (AvgIpc) is 3.91. The molecular formula is C44H29N7. The van der Waals surface area contributed by atoms with Crippen molar-refractivity contribution in [1.29, 1.82) is 0 Å². The van der Waals surface area contributed by atoms with Gasteiger partial charge in [-0.05, 0) is 101 Å². The molecule has 0 amide bonds. The minimum absolute atomic E-state index is 0.0466. The van der Waals surface area contributed by atoms with Crippen LogP contribution in [0.4, 0.5) is 0 Å². The molecule has 9 aromatic rings. The fraction of sp³-hybridized carbons (Fsp3) is 0.0227.